The van der Waals surface area contributed by atoms with E-state index in [2.05, 4.69) is 29.6 Å². The maximum atomic E-state index is 14.7. The van der Waals surface area contributed by atoms with Gasteiger partial charge in [0.2, 0.25) is 0 Å². The molecular weight excluding hydrogens is 710 g/mol. The van der Waals surface area contributed by atoms with Crippen LogP contribution < -0.4 is 10.4 Å². The Kier molecular flexibility index (Phi) is 8.01. The van der Waals surface area contributed by atoms with Crippen molar-refractivity contribution in [2.75, 3.05) is 0 Å². The second kappa shape index (κ2) is 12.3. The van der Waals surface area contributed by atoms with Gasteiger partial charge in [0.15, 0.2) is 0 Å². The Labute approximate surface area is 292 Å². The second-order valence-electron chi connectivity index (χ2n) is 11.4. The van der Waals surface area contributed by atoms with Gasteiger partial charge >= 0.3 is 5.51 Å². The van der Waals surface area contributed by atoms with E-state index in [1.54, 1.807) is 0 Å². The molecule has 0 N–H and O–H groups in total. The third kappa shape index (κ3) is 5.38. The Balaban J connectivity index is 1.47. The number of thioether (sulfide) groups is 1. The SMILES string of the molecule is [C-]#[N+]/C(C#N)=c1\c2c(/c(=C(/C#N)[N+]#[C-])c3c1Cc1nc(-c4cc(F)c(SC(F)(F)F)c(F)c4)cnc1-3)-c1ncc(-c3cc(F)c(C)c(F)c3)nc1C2. The van der Waals surface area contributed by atoms with Gasteiger partial charge < -0.3 is 0 Å². The van der Waals surface area contributed by atoms with Crippen LogP contribution in [0.4, 0.5) is 30.7 Å². The molecule has 252 valence electrons. The maximum absolute atomic E-state index is 14.7. The number of nitriles is 2. The first-order valence-electron chi connectivity index (χ1n) is 14.7. The Bertz CT molecular complexity index is 2690. The minimum absolute atomic E-state index is 0.0569. The molecule has 5 aromatic rings. The van der Waals surface area contributed by atoms with Gasteiger partial charge in [-0.3, -0.25) is 9.97 Å². The number of rotatable bonds is 3. The quantitative estimate of drug-likeness (QED) is 0.107. The Morgan fingerprint density at radius 1 is 0.731 bits per heavy atom. The largest absolute Gasteiger partial charge is 0.446 e. The van der Waals surface area contributed by atoms with Crippen molar-refractivity contribution in [1.29, 1.82) is 10.5 Å². The van der Waals surface area contributed by atoms with Crippen molar-refractivity contribution < 1.29 is 30.7 Å². The summed E-state index contributed by atoms with van der Waals surface area (Å²) in [6.45, 7) is 16.9. The van der Waals surface area contributed by atoms with Gasteiger partial charge in [-0.15, -0.1) is 0 Å². The molecule has 0 bridgehead atoms. The number of fused-ring (bicyclic) bond motifs is 6. The first-order valence-corrected chi connectivity index (χ1v) is 15.5. The Morgan fingerprint density at radius 3 is 1.56 bits per heavy atom. The van der Waals surface area contributed by atoms with Crippen LogP contribution in [0.1, 0.15) is 28.1 Å². The summed E-state index contributed by atoms with van der Waals surface area (Å²) in [6.07, 6.45) is 2.19. The molecule has 3 aromatic carbocycles. The molecule has 0 unspecified atom stereocenters. The van der Waals surface area contributed by atoms with E-state index in [0.29, 0.717) is 23.3 Å². The second-order valence-corrected chi connectivity index (χ2v) is 12.5. The lowest BCUT2D eigenvalue weighted by Crippen LogP contribution is -2.26. The highest BCUT2D eigenvalue weighted by Gasteiger charge is 2.36. The molecule has 52 heavy (non-hydrogen) atoms. The van der Waals surface area contributed by atoms with Gasteiger partial charge in [-0.2, -0.15) is 13.2 Å². The smallest absolute Gasteiger partial charge is 0.252 e. The van der Waals surface area contributed by atoms with E-state index in [0.717, 1.165) is 18.3 Å². The summed E-state index contributed by atoms with van der Waals surface area (Å²) in [5.74, 6) is -4.54. The molecule has 2 aromatic heterocycles. The van der Waals surface area contributed by atoms with Crippen LogP contribution in [0.25, 0.3) is 66.1 Å². The summed E-state index contributed by atoms with van der Waals surface area (Å²) < 4.78 is 96.9. The summed E-state index contributed by atoms with van der Waals surface area (Å²) in [6, 6.07) is 7.34. The number of hydrogen-bond donors (Lipinski definition) is 0. The van der Waals surface area contributed by atoms with Gasteiger partial charge in [-0.05, 0) is 54.1 Å². The number of nitrogens with zero attached hydrogens (tertiary/aromatic N) is 8. The molecule has 0 saturated heterocycles. The summed E-state index contributed by atoms with van der Waals surface area (Å²) in [5, 5.41) is 20.4. The molecule has 0 radical (unpaired) electrons. The van der Waals surface area contributed by atoms with Crippen LogP contribution in [-0.2, 0) is 12.8 Å². The standard InChI is InChI=1S/C36H13F7N8S/c1-14-19(37)4-15(5-20(14)38)27-12-48-33-23(50-27)8-17-29(25(10-44)46-2)18-9-24-34(31(18)32(30(17)33)26(11-45)47-3)49-13-28(51-24)16-6-21(39)35(22(40)7-16)52-36(41,42)43/h4-7,12-13H,8-9H2,1H3/b29-25+,32-26+. The zero-order valence-corrected chi connectivity index (χ0v) is 26.8. The monoisotopic (exact) mass is 722 g/mol. The number of aromatic nitrogens is 4. The lowest BCUT2D eigenvalue weighted by Gasteiger charge is -2.12. The predicted octanol–water partition coefficient (Wildman–Crippen LogP) is 7.32. The van der Waals surface area contributed by atoms with Crippen LogP contribution in [0.15, 0.2) is 41.6 Å². The Hall–Kier alpha value is -6.62. The molecule has 8 nitrogen and oxygen atoms in total. The third-order valence-corrected chi connectivity index (χ3v) is 9.38. The van der Waals surface area contributed by atoms with E-state index in [1.165, 1.54) is 13.1 Å². The average Bonchev–Trinajstić information content (AvgIpc) is 3.67. The summed E-state index contributed by atoms with van der Waals surface area (Å²) >= 11 is -0.938. The number of halogens is 7. The first kappa shape index (κ1) is 33.9. The fourth-order valence-electron chi connectivity index (χ4n) is 6.38. The van der Waals surface area contributed by atoms with E-state index in [9.17, 15) is 41.3 Å². The molecular formula is C36H13F7N8S. The lowest BCUT2D eigenvalue weighted by atomic mass is 9.92. The van der Waals surface area contributed by atoms with Gasteiger partial charge in [0, 0.05) is 51.1 Å². The van der Waals surface area contributed by atoms with E-state index in [-0.39, 0.29) is 91.0 Å². The average molecular weight is 723 g/mol. The Morgan fingerprint density at radius 2 is 1.15 bits per heavy atom. The highest BCUT2D eigenvalue weighted by molar-refractivity contribution is 8.00. The van der Waals surface area contributed by atoms with Gasteiger partial charge in [0.05, 0.1) is 76.7 Å². The van der Waals surface area contributed by atoms with Gasteiger partial charge in [-0.25, -0.2) is 47.7 Å². The summed E-state index contributed by atoms with van der Waals surface area (Å²) in [5.41, 5.74) is -4.21. The fourth-order valence-corrected chi connectivity index (χ4v) is 6.92. The molecule has 2 aliphatic carbocycles. The minimum Gasteiger partial charge on any atom is -0.252 e. The molecule has 7 rings (SSSR count). The van der Waals surface area contributed by atoms with E-state index in [4.69, 9.17) is 13.1 Å². The number of benzene rings is 3. The van der Waals surface area contributed by atoms with Crippen molar-refractivity contribution in [3.8, 4) is 57.2 Å². The molecule has 0 saturated carbocycles. The topological polar surface area (TPSA) is 108 Å². The summed E-state index contributed by atoms with van der Waals surface area (Å²) in [4.78, 5) is 23.7. The molecule has 2 aliphatic rings. The van der Waals surface area contributed by atoms with Crippen LogP contribution in [0.2, 0.25) is 0 Å². The molecule has 0 amide bonds. The normalized spacial score (nSPS) is 13.5. The lowest BCUT2D eigenvalue weighted by molar-refractivity contribution is -0.0330. The molecule has 0 atom stereocenters. The zero-order chi connectivity index (χ0) is 37.2. The van der Waals surface area contributed by atoms with Crippen LogP contribution in [0, 0.1) is 66.0 Å². The highest BCUT2D eigenvalue weighted by atomic mass is 32.2. The van der Waals surface area contributed by atoms with Gasteiger partial charge in [0.1, 0.15) is 23.3 Å². The van der Waals surface area contributed by atoms with Crippen LogP contribution in [0.3, 0.4) is 0 Å². The van der Waals surface area contributed by atoms with Gasteiger partial charge in [-0.1, -0.05) is 0 Å². The maximum Gasteiger partial charge on any atom is 0.446 e. The van der Waals surface area contributed by atoms with Crippen LogP contribution >= 0.6 is 11.8 Å². The summed E-state index contributed by atoms with van der Waals surface area (Å²) in [7, 11) is 0. The highest BCUT2D eigenvalue weighted by Crippen LogP contribution is 2.42. The van der Waals surface area contributed by atoms with Crippen LogP contribution in [0.5, 0.6) is 0 Å². The number of alkyl halides is 3. The molecule has 0 aliphatic heterocycles. The third-order valence-electron chi connectivity index (χ3n) is 8.56. The van der Waals surface area contributed by atoms with Crippen molar-refractivity contribution in [3.63, 3.8) is 0 Å². The van der Waals surface area contributed by atoms with Crippen molar-refractivity contribution in [3.05, 3.63) is 121 Å². The van der Waals surface area contributed by atoms with Crippen LogP contribution in [-0.4, -0.2) is 25.4 Å². The minimum atomic E-state index is -4.94. The predicted molar refractivity (Wildman–Crippen MR) is 172 cm³/mol. The van der Waals surface area contributed by atoms with E-state index >= 15 is 0 Å². The van der Waals surface area contributed by atoms with Crippen molar-refractivity contribution >= 4 is 23.2 Å². The molecule has 0 spiro atoms. The van der Waals surface area contributed by atoms with E-state index in [1.807, 2.05) is 12.1 Å². The van der Waals surface area contributed by atoms with Gasteiger partial charge in [0.25, 0.3) is 11.4 Å². The van der Waals surface area contributed by atoms with Crippen molar-refractivity contribution in [1.82, 2.24) is 19.9 Å². The molecule has 0 fully saturated rings. The zero-order valence-electron chi connectivity index (χ0n) is 26.0. The van der Waals surface area contributed by atoms with E-state index < -0.39 is 51.1 Å². The van der Waals surface area contributed by atoms with Crippen molar-refractivity contribution in [2.45, 2.75) is 30.2 Å². The molecule has 2 heterocycles. The number of hydrogen-bond acceptors (Lipinski definition) is 7. The van der Waals surface area contributed by atoms with Crippen molar-refractivity contribution in [2.24, 2.45) is 0 Å². The molecule has 16 heteroatoms. The fraction of sp³-hybridized carbons (Fsp3) is 0.111. The first-order chi connectivity index (χ1) is 24.8.